The van der Waals surface area contributed by atoms with Gasteiger partial charge in [0, 0.05) is 36.4 Å². The number of guanidine groups is 1. The Balaban J connectivity index is 2.02. The van der Waals surface area contributed by atoms with Gasteiger partial charge >= 0.3 is 0 Å². The lowest BCUT2D eigenvalue weighted by Crippen LogP contribution is -2.39. The van der Waals surface area contributed by atoms with Gasteiger partial charge in [0.2, 0.25) is 0 Å². The zero-order valence-corrected chi connectivity index (χ0v) is 16.3. The smallest absolute Gasteiger partial charge is 0.191 e. The van der Waals surface area contributed by atoms with E-state index in [9.17, 15) is 5.11 Å². The summed E-state index contributed by atoms with van der Waals surface area (Å²) in [5, 5.41) is 18.1. The van der Waals surface area contributed by atoms with Gasteiger partial charge in [-0.3, -0.25) is 0 Å². The molecular formula is C17H21Cl3N4O. The van der Waals surface area contributed by atoms with E-state index < -0.39 is 6.10 Å². The van der Waals surface area contributed by atoms with Gasteiger partial charge < -0.3 is 20.3 Å². The largest absolute Gasteiger partial charge is 0.387 e. The summed E-state index contributed by atoms with van der Waals surface area (Å²) in [6.07, 6.45) is -0.739. The summed E-state index contributed by atoms with van der Waals surface area (Å²) in [4.78, 5) is 4.50. The van der Waals surface area contributed by atoms with Crippen LogP contribution in [0.5, 0.6) is 0 Å². The summed E-state index contributed by atoms with van der Waals surface area (Å²) < 4.78 is 1.79. The number of aliphatic hydroxyl groups is 1. The fourth-order valence-electron chi connectivity index (χ4n) is 2.29. The standard InChI is InChI=1S/C17H21Cl3N4O/c1-3-21-17(22-9-11-8-14(19)16(20)24(11)2)23-10-15(25)12-6-4-5-7-13(12)18/h4-8,15,25H,3,9-10H2,1-2H3,(H2,21,22,23). The molecule has 0 bridgehead atoms. The Kier molecular flexibility index (Phi) is 7.44. The summed E-state index contributed by atoms with van der Waals surface area (Å²) in [6, 6.07) is 9.00. The molecule has 0 aliphatic carbocycles. The zero-order chi connectivity index (χ0) is 18.4. The van der Waals surface area contributed by atoms with Crippen LogP contribution in [0.3, 0.4) is 0 Å². The van der Waals surface area contributed by atoms with Crippen LogP contribution in [0, 0.1) is 0 Å². The molecule has 3 N–H and O–H groups in total. The zero-order valence-electron chi connectivity index (χ0n) is 14.1. The maximum Gasteiger partial charge on any atom is 0.191 e. The third kappa shape index (κ3) is 5.28. The highest BCUT2D eigenvalue weighted by Crippen LogP contribution is 2.25. The number of halogens is 3. The van der Waals surface area contributed by atoms with Gasteiger partial charge in [0.05, 0.1) is 17.7 Å². The van der Waals surface area contributed by atoms with E-state index in [0.29, 0.717) is 39.8 Å². The highest BCUT2D eigenvalue weighted by molar-refractivity contribution is 6.41. The van der Waals surface area contributed by atoms with Crippen molar-refractivity contribution in [2.24, 2.45) is 12.0 Å². The predicted octanol–water partition coefficient (Wildman–Crippen LogP) is 3.77. The Morgan fingerprint density at radius 3 is 2.52 bits per heavy atom. The lowest BCUT2D eigenvalue weighted by Gasteiger charge is -2.16. The molecule has 8 heteroatoms. The van der Waals surface area contributed by atoms with Gasteiger partial charge in [-0.1, -0.05) is 53.0 Å². The van der Waals surface area contributed by atoms with Crippen molar-refractivity contribution >= 4 is 40.8 Å². The van der Waals surface area contributed by atoms with Crippen LogP contribution in [0.25, 0.3) is 0 Å². The van der Waals surface area contributed by atoms with Gasteiger partial charge in [0.25, 0.3) is 0 Å². The molecule has 1 atom stereocenters. The Labute approximate surface area is 162 Å². The average molecular weight is 404 g/mol. The molecule has 1 heterocycles. The maximum absolute atomic E-state index is 10.3. The molecule has 25 heavy (non-hydrogen) atoms. The van der Waals surface area contributed by atoms with Crippen LogP contribution < -0.4 is 10.6 Å². The number of benzene rings is 1. The van der Waals surface area contributed by atoms with Crippen LogP contribution in [0.4, 0.5) is 0 Å². The minimum Gasteiger partial charge on any atom is -0.387 e. The SMILES string of the molecule is CCNC(=NCc1cc(Cl)c(Cl)n1C)NCC(O)c1ccccc1Cl. The van der Waals surface area contributed by atoms with Crippen molar-refractivity contribution in [3.8, 4) is 0 Å². The predicted molar refractivity (Wildman–Crippen MR) is 105 cm³/mol. The summed E-state index contributed by atoms with van der Waals surface area (Å²) >= 11 is 18.2. The van der Waals surface area contributed by atoms with Crippen LogP contribution in [0.1, 0.15) is 24.3 Å². The molecule has 0 fully saturated rings. The molecule has 0 saturated heterocycles. The molecule has 0 aliphatic heterocycles. The van der Waals surface area contributed by atoms with Crippen molar-refractivity contribution in [3.05, 3.63) is 56.8 Å². The maximum atomic E-state index is 10.3. The molecule has 1 aromatic carbocycles. The van der Waals surface area contributed by atoms with Gasteiger partial charge in [-0.15, -0.1) is 0 Å². The third-order valence-electron chi connectivity index (χ3n) is 3.69. The number of hydrogen-bond acceptors (Lipinski definition) is 2. The first kappa shape index (κ1) is 19.9. The Morgan fingerprint density at radius 2 is 1.92 bits per heavy atom. The second kappa shape index (κ2) is 9.34. The van der Waals surface area contributed by atoms with Crippen molar-refractivity contribution < 1.29 is 5.11 Å². The quantitative estimate of drug-likeness (QED) is 0.508. The van der Waals surface area contributed by atoms with E-state index in [1.807, 2.05) is 26.1 Å². The van der Waals surface area contributed by atoms with E-state index in [0.717, 1.165) is 5.69 Å². The molecule has 2 aromatic rings. The molecule has 0 radical (unpaired) electrons. The van der Waals surface area contributed by atoms with Gasteiger partial charge in [-0.05, 0) is 19.1 Å². The molecule has 0 amide bonds. The van der Waals surface area contributed by atoms with Gasteiger partial charge in [-0.2, -0.15) is 0 Å². The molecule has 136 valence electrons. The number of aliphatic imine (C=N–C) groups is 1. The van der Waals surface area contributed by atoms with E-state index in [1.54, 1.807) is 22.8 Å². The van der Waals surface area contributed by atoms with E-state index in [1.165, 1.54) is 0 Å². The first-order chi connectivity index (χ1) is 11.9. The Bertz CT molecular complexity index is 745. The molecular weight excluding hydrogens is 383 g/mol. The van der Waals surface area contributed by atoms with Crippen LogP contribution in [0.15, 0.2) is 35.3 Å². The molecule has 0 saturated carbocycles. The second-order valence-corrected chi connectivity index (χ2v) is 6.62. The fraction of sp³-hybridized carbons (Fsp3) is 0.353. The number of nitrogens with zero attached hydrogens (tertiary/aromatic N) is 2. The number of aliphatic hydroxyl groups excluding tert-OH is 1. The van der Waals surface area contributed by atoms with E-state index in [-0.39, 0.29) is 6.54 Å². The average Bonchev–Trinajstić information content (AvgIpc) is 2.84. The van der Waals surface area contributed by atoms with Crippen molar-refractivity contribution in [1.29, 1.82) is 0 Å². The highest BCUT2D eigenvalue weighted by atomic mass is 35.5. The van der Waals surface area contributed by atoms with E-state index in [2.05, 4.69) is 15.6 Å². The topological polar surface area (TPSA) is 61.6 Å². The summed E-state index contributed by atoms with van der Waals surface area (Å²) in [7, 11) is 1.83. The molecule has 1 unspecified atom stereocenters. The van der Waals surface area contributed by atoms with Crippen molar-refractivity contribution in [1.82, 2.24) is 15.2 Å². The van der Waals surface area contributed by atoms with Crippen LogP contribution >= 0.6 is 34.8 Å². The van der Waals surface area contributed by atoms with E-state index in [4.69, 9.17) is 34.8 Å². The molecule has 0 aliphatic rings. The van der Waals surface area contributed by atoms with Crippen molar-refractivity contribution in [2.45, 2.75) is 19.6 Å². The van der Waals surface area contributed by atoms with Crippen LogP contribution in [0.2, 0.25) is 15.2 Å². The van der Waals surface area contributed by atoms with Gasteiger partial charge in [-0.25, -0.2) is 4.99 Å². The van der Waals surface area contributed by atoms with E-state index >= 15 is 0 Å². The lowest BCUT2D eigenvalue weighted by molar-refractivity contribution is 0.181. The third-order valence-corrected chi connectivity index (χ3v) is 4.87. The number of rotatable bonds is 6. The molecule has 0 spiro atoms. The lowest BCUT2D eigenvalue weighted by atomic mass is 10.1. The van der Waals surface area contributed by atoms with Gasteiger partial charge in [0.1, 0.15) is 5.15 Å². The summed E-state index contributed by atoms with van der Waals surface area (Å²) in [5.74, 6) is 0.585. The molecule has 1 aromatic heterocycles. The van der Waals surface area contributed by atoms with Crippen LogP contribution in [-0.4, -0.2) is 28.7 Å². The monoisotopic (exact) mass is 402 g/mol. The van der Waals surface area contributed by atoms with Gasteiger partial charge in [0.15, 0.2) is 5.96 Å². The number of nitrogens with one attached hydrogen (secondary N) is 2. The fourth-order valence-corrected chi connectivity index (χ4v) is 2.97. The van der Waals surface area contributed by atoms with Crippen molar-refractivity contribution in [2.75, 3.05) is 13.1 Å². The summed E-state index contributed by atoms with van der Waals surface area (Å²) in [5.41, 5.74) is 1.56. The second-order valence-electron chi connectivity index (χ2n) is 5.45. The van der Waals surface area contributed by atoms with Crippen LogP contribution in [-0.2, 0) is 13.6 Å². The van der Waals surface area contributed by atoms with Crippen molar-refractivity contribution in [3.63, 3.8) is 0 Å². The number of aromatic nitrogens is 1. The number of hydrogen-bond donors (Lipinski definition) is 3. The normalized spacial score (nSPS) is 13.0. The molecule has 2 rings (SSSR count). The first-order valence-electron chi connectivity index (χ1n) is 7.88. The first-order valence-corrected chi connectivity index (χ1v) is 9.01. The highest BCUT2D eigenvalue weighted by Gasteiger charge is 2.12. The summed E-state index contributed by atoms with van der Waals surface area (Å²) in [6.45, 7) is 3.35. The minimum atomic E-state index is -0.739. The Hall–Kier alpha value is -1.40. The minimum absolute atomic E-state index is 0.282. The Morgan fingerprint density at radius 1 is 1.20 bits per heavy atom. The molecule has 5 nitrogen and oxygen atoms in total.